The van der Waals surface area contributed by atoms with Gasteiger partial charge in [-0.1, -0.05) is 0 Å². The molecule has 46 heavy (non-hydrogen) atoms. The predicted molar refractivity (Wildman–Crippen MR) is 170 cm³/mol. The van der Waals surface area contributed by atoms with E-state index in [0.717, 1.165) is 5.75 Å². The normalized spacial score (nSPS) is 13.8. The molecule has 0 atom stereocenters. The van der Waals surface area contributed by atoms with Crippen molar-refractivity contribution in [2.24, 2.45) is 0 Å². The zero-order chi connectivity index (χ0) is 33.2. The Hall–Kier alpha value is -4.44. The lowest BCUT2D eigenvalue weighted by Crippen LogP contribution is -2.41. The molecule has 1 N–H and O–H groups in total. The number of benzene rings is 1. The van der Waals surface area contributed by atoms with Gasteiger partial charge in [0.2, 0.25) is 0 Å². The molecule has 0 radical (unpaired) electrons. The van der Waals surface area contributed by atoms with Gasteiger partial charge in [0.15, 0.2) is 5.65 Å². The van der Waals surface area contributed by atoms with Gasteiger partial charge in [0, 0.05) is 29.8 Å². The second-order valence-electron chi connectivity index (χ2n) is 12.3. The van der Waals surface area contributed by atoms with Gasteiger partial charge in [-0.25, -0.2) is 29.0 Å². The van der Waals surface area contributed by atoms with Gasteiger partial charge < -0.3 is 24.3 Å². The molecular formula is C30H37F2N7O6S. The summed E-state index contributed by atoms with van der Waals surface area (Å²) in [6.45, 7) is 2.63. The van der Waals surface area contributed by atoms with E-state index in [-0.39, 0.29) is 59.6 Å². The first-order chi connectivity index (χ1) is 21.7. The number of aromatic nitrogens is 5. The number of nitrogens with one attached hydrogen (secondary N) is 1. The molecule has 0 fully saturated rings. The molecule has 0 unspecified atom stereocenters. The number of hydrogen-bond donors (Lipinski definition) is 1. The molecule has 1 aliphatic heterocycles. The molecule has 13 nitrogen and oxygen atoms in total. The highest BCUT2D eigenvalue weighted by atomic mass is 32.3. The van der Waals surface area contributed by atoms with E-state index in [2.05, 4.69) is 39.3 Å². The van der Waals surface area contributed by atoms with Gasteiger partial charge in [-0.05, 0) is 51.7 Å². The van der Waals surface area contributed by atoms with Gasteiger partial charge in [0.1, 0.15) is 36.0 Å². The van der Waals surface area contributed by atoms with Gasteiger partial charge in [-0.15, -0.1) is 0 Å². The summed E-state index contributed by atoms with van der Waals surface area (Å²) in [5.74, 6) is 0.236. The van der Waals surface area contributed by atoms with Gasteiger partial charge in [0.25, 0.3) is 5.91 Å². The molecule has 0 saturated heterocycles. The van der Waals surface area contributed by atoms with E-state index in [1.54, 1.807) is 33.0 Å². The van der Waals surface area contributed by atoms with Crippen LogP contribution in [0.2, 0.25) is 0 Å². The third-order valence-corrected chi connectivity index (χ3v) is 8.07. The highest BCUT2D eigenvalue weighted by Gasteiger charge is 2.32. The molecule has 16 heteroatoms. The number of ether oxygens (including phenoxy) is 4. The third kappa shape index (κ3) is 7.67. The van der Waals surface area contributed by atoms with Crippen LogP contribution in [0.4, 0.5) is 25.0 Å². The van der Waals surface area contributed by atoms with Crippen LogP contribution in [0.3, 0.4) is 0 Å². The van der Waals surface area contributed by atoms with Gasteiger partial charge in [0.05, 0.1) is 42.6 Å². The van der Waals surface area contributed by atoms with Crippen molar-refractivity contribution in [3.05, 3.63) is 48.5 Å². The molecule has 0 bridgehead atoms. The lowest BCUT2D eigenvalue weighted by atomic mass is 10.1. The van der Waals surface area contributed by atoms with Crippen molar-refractivity contribution in [1.29, 1.82) is 0 Å². The smallest absolute Gasteiger partial charge is 0.415 e. The topological polar surface area (TPSA) is 134 Å². The zero-order valence-electron chi connectivity index (χ0n) is 26.5. The van der Waals surface area contributed by atoms with Crippen molar-refractivity contribution < 1.29 is 37.3 Å². The maximum absolute atomic E-state index is 13.9. The molecule has 248 valence electrons. The number of amides is 2. The van der Waals surface area contributed by atoms with Crippen LogP contribution in [0.5, 0.6) is 11.5 Å². The molecule has 1 aliphatic rings. The monoisotopic (exact) mass is 661 g/mol. The lowest BCUT2D eigenvalue weighted by molar-refractivity contribution is -0.0495. The fourth-order valence-corrected chi connectivity index (χ4v) is 5.24. The number of carbonyl (C=O) groups excluding carboxylic acids is 2. The maximum Gasteiger partial charge on any atom is 0.415 e. The van der Waals surface area contributed by atoms with Crippen molar-refractivity contribution in [1.82, 2.24) is 24.4 Å². The largest absolute Gasteiger partial charge is 0.490 e. The SMILES string of the molecule is CC(C)(C)OC(=O)N1CCOc2cc(-c3c(NC(=O)c4cnn5cccnc45)cnn3COCCS(C)(C)C)c(OC(F)F)cc21. The molecule has 1 aromatic carbocycles. The van der Waals surface area contributed by atoms with E-state index >= 15 is 0 Å². The molecule has 4 heterocycles. The molecule has 5 rings (SSSR count). The summed E-state index contributed by atoms with van der Waals surface area (Å²) in [5.41, 5.74) is 0.450. The number of rotatable bonds is 10. The van der Waals surface area contributed by atoms with Crippen molar-refractivity contribution in [3.8, 4) is 22.8 Å². The Bertz CT molecular complexity index is 1730. The maximum atomic E-state index is 13.9. The quantitative estimate of drug-likeness (QED) is 0.226. The van der Waals surface area contributed by atoms with Crippen molar-refractivity contribution in [2.45, 2.75) is 39.7 Å². The Morgan fingerprint density at radius 3 is 2.65 bits per heavy atom. The van der Waals surface area contributed by atoms with Crippen LogP contribution in [0.15, 0.2) is 43.0 Å². The minimum atomic E-state index is -3.21. The van der Waals surface area contributed by atoms with E-state index in [0.29, 0.717) is 12.3 Å². The molecule has 2 amide bonds. The summed E-state index contributed by atoms with van der Waals surface area (Å²) in [5, 5.41) is 11.4. The highest BCUT2D eigenvalue weighted by Crippen LogP contribution is 2.45. The molecule has 0 spiro atoms. The summed E-state index contributed by atoms with van der Waals surface area (Å²) in [7, 11) is -0.837. The Kier molecular flexibility index (Phi) is 9.39. The number of alkyl halides is 2. The molecule has 4 aromatic rings. The fraction of sp³-hybridized carbons (Fsp3) is 0.433. The Balaban J connectivity index is 1.57. The Morgan fingerprint density at radius 1 is 1.15 bits per heavy atom. The van der Waals surface area contributed by atoms with Crippen LogP contribution in [0.25, 0.3) is 16.9 Å². The first-order valence-electron chi connectivity index (χ1n) is 14.4. The van der Waals surface area contributed by atoms with Crippen molar-refractivity contribution >= 4 is 39.1 Å². The summed E-state index contributed by atoms with van der Waals surface area (Å²) >= 11 is 0. The zero-order valence-corrected chi connectivity index (χ0v) is 27.3. The summed E-state index contributed by atoms with van der Waals surface area (Å²) in [6.07, 6.45) is 11.8. The standard InChI is InChI=1S/C30H37F2N7O6S/c1-30(2,3)45-29(41)37-10-11-43-24-14-19(23(15-22(24)37)44-28(31)32)25-21(17-35-39(25)18-42-12-13-46(4,5)6)36-27(40)20-16-34-38-9-7-8-33-26(20)38/h7-9,14-17,28H,10-13,18H2,1-6H3,(H,36,40). The molecular weight excluding hydrogens is 624 g/mol. The minimum Gasteiger partial charge on any atom is -0.490 e. The number of anilines is 2. The number of nitrogens with zero attached hydrogens (tertiary/aromatic N) is 6. The lowest BCUT2D eigenvalue weighted by Gasteiger charge is -2.32. The fourth-order valence-electron chi connectivity index (χ4n) is 4.62. The van der Waals surface area contributed by atoms with Gasteiger partial charge in [-0.3, -0.25) is 9.69 Å². The van der Waals surface area contributed by atoms with Crippen LogP contribution in [-0.4, -0.2) is 92.9 Å². The van der Waals surface area contributed by atoms with Gasteiger partial charge >= 0.3 is 12.7 Å². The Morgan fingerprint density at radius 2 is 1.93 bits per heavy atom. The average Bonchev–Trinajstić information content (AvgIpc) is 3.57. The summed E-state index contributed by atoms with van der Waals surface area (Å²) < 4.78 is 53.0. The Labute approximate surface area is 266 Å². The minimum absolute atomic E-state index is 0.0465. The second-order valence-corrected chi connectivity index (χ2v) is 16.9. The van der Waals surface area contributed by atoms with E-state index in [1.165, 1.54) is 44.8 Å². The van der Waals surface area contributed by atoms with Crippen LogP contribution < -0.4 is 19.7 Å². The first kappa shape index (κ1) is 32.9. The van der Waals surface area contributed by atoms with E-state index in [9.17, 15) is 18.4 Å². The van der Waals surface area contributed by atoms with Crippen LogP contribution in [0, 0.1) is 0 Å². The predicted octanol–water partition coefficient (Wildman–Crippen LogP) is 5.25. The third-order valence-electron chi connectivity index (χ3n) is 6.67. The average molecular weight is 662 g/mol. The summed E-state index contributed by atoms with van der Waals surface area (Å²) in [6, 6.07) is 4.45. The highest BCUT2D eigenvalue weighted by molar-refractivity contribution is 8.32. The number of hydrogen-bond acceptors (Lipinski definition) is 9. The van der Waals surface area contributed by atoms with Crippen molar-refractivity contribution in [2.75, 3.05) is 54.5 Å². The molecule has 0 aliphatic carbocycles. The van der Waals surface area contributed by atoms with Crippen LogP contribution in [0.1, 0.15) is 31.1 Å². The van der Waals surface area contributed by atoms with Crippen LogP contribution >= 0.6 is 10.0 Å². The van der Waals surface area contributed by atoms with E-state index < -0.39 is 34.2 Å². The first-order valence-corrected chi connectivity index (χ1v) is 17.4. The van der Waals surface area contributed by atoms with Crippen LogP contribution in [-0.2, 0) is 16.2 Å². The number of fused-ring (bicyclic) bond motifs is 2. The second kappa shape index (κ2) is 13.1. The molecule has 3 aromatic heterocycles. The van der Waals surface area contributed by atoms with Gasteiger partial charge in [-0.2, -0.15) is 19.0 Å². The summed E-state index contributed by atoms with van der Waals surface area (Å²) in [4.78, 5) is 32.1. The van der Waals surface area contributed by atoms with E-state index in [4.69, 9.17) is 18.9 Å². The van der Waals surface area contributed by atoms with Crippen molar-refractivity contribution in [3.63, 3.8) is 0 Å². The number of halogens is 2. The number of carbonyl (C=O) groups is 2. The molecule has 0 saturated carbocycles. The van der Waals surface area contributed by atoms with E-state index in [1.807, 2.05) is 0 Å².